The number of hydrogen-bond donors (Lipinski definition) is 2. The van der Waals surface area contributed by atoms with Crippen LogP contribution in [0.5, 0.6) is 11.5 Å². The van der Waals surface area contributed by atoms with Gasteiger partial charge in [0.1, 0.15) is 18.1 Å². The Kier molecular flexibility index (Phi) is 14.7. The minimum absolute atomic E-state index is 0.115. The molecule has 0 spiro atoms. The number of carboxylic acids is 1. The first-order valence-corrected chi connectivity index (χ1v) is 13.8. The van der Waals surface area contributed by atoms with Crippen molar-refractivity contribution in [2.24, 2.45) is 0 Å². The molecule has 0 fully saturated rings. The first-order chi connectivity index (χ1) is 18.3. The summed E-state index contributed by atoms with van der Waals surface area (Å²) in [7, 11) is 0. The van der Waals surface area contributed by atoms with E-state index in [1.807, 2.05) is 12.1 Å². The number of carbonyl (C=O) groups is 2. The molecule has 0 saturated carbocycles. The van der Waals surface area contributed by atoms with Crippen LogP contribution in [0.1, 0.15) is 45.1 Å². The van der Waals surface area contributed by atoms with Gasteiger partial charge in [0.2, 0.25) is 0 Å². The van der Waals surface area contributed by atoms with Gasteiger partial charge in [-0.1, -0.05) is 48.7 Å². The van der Waals surface area contributed by atoms with E-state index in [1.165, 1.54) is 0 Å². The van der Waals surface area contributed by atoms with E-state index in [0.29, 0.717) is 61.0 Å². The number of ether oxygens (including phenoxy) is 3. The van der Waals surface area contributed by atoms with E-state index in [9.17, 15) is 14.7 Å². The molecule has 0 radical (unpaired) electrons. The third-order valence-corrected chi connectivity index (χ3v) is 6.08. The summed E-state index contributed by atoms with van der Waals surface area (Å²) in [6, 6.07) is 12.2. The monoisotopic (exact) mass is 568 g/mol. The first kappa shape index (κ1) is 31.5. The van der Waals surface area contributed by atoms with Gasteiger partial charge in [0, 0.05) is 36.2 Å². The lowest BCUT2D eigenvalue weighted by Gasteiger charge is -2.23. The summed E-state index contributed by atoms with van der Waals surface area (Å²) in [5, 5.41) is 13.3. The molecule has 0 aliphatic carbocycles. The van der Waals surface area contributed by atoms with Gasteiger partial charge in [0.25, 0.3) is 0 Å². The third kappa shape index (κ3) is 12.2. The molecule has 2 amide bonds. The van der Waals surface area contributed by atoms with E-state index in [1.54, 1.807) is 42.2 Å². The van der Waals surface area contributed by atoms with Crippen LogP contribution in [0.2, 0.25) is 10.0 Å². The zero-order chi connectivity index (χ0) is 27.8. The number of benzene rings is 2. The maximum atomic E-state index is 12.7. The minimum atomic E-state index is -0.982. The number of hydrogen-bond acceptors (Lipinski definition) is 5. The predicted molar refractivity (Wildman–Crippen MR) is 150 cm³/mol. The lowest BCUT2D eigenvalue weighted by Crippen LogP contribution is -2.43. The quantitative estimate of drug-likeness (QED) is 0.212. The first-order valence-electron chi connectivity index (χ1n) is 13.0. The molecule has 10 heteroatoms. The van der Waals surface area contributed by atoms with Crippen LogP contribution in [-0.4, -0.2) is 67.6 Å². The Morgan fingerprint density at radius 3 is 2.24 bits per heavy atom. The number of nitrogens with zero attached hydrogens (tertiary/aromatic N) is 1. The largest absolute Gasteiger partial charge is 0.493 e. The maximum absolute atomic E-state index is 12.7. The van der Waals surface area contributed by atoms with Gasteiger partial charge in [-0.25, -0.2) is 9.59 Å². The minimum Gasteiger partial charge on any atom is -0.493 e. The highest BCUT2D eigenvalue weighted by molar-refractivity contribution is 6.34. The van der Waals surface area contributed by atoms with Crippen LogP contribution in [0.4, 0.5) is 4.79 Å². The second-order valence-corrected chi connectivity index (χ2v) is 9.58. The molecule has 1 atom stereocenters. The van der Waals surface area contributed by atoms with Gasteiger partial charge in [-0.15, -0.1) is 0 Å². The van der Waals surface area contributed by atoms with Gasteiger partial charge in [-0.3, -0.25) is 0 Å². The van der Waals surface area contributed by atoms with Gasteiger partial charge >= 0.3 is 12.0 Å². The lowest BCUT2D eigenvalue weighted by atomic mass is 10.1. The Bertz CT molecular complexity index is 970. The molecule has 0 saturated heterocycles. The molecule has 0 aliphatic heterocycles. The number of carboxylic acid groups (broad SMARTS) is 1. The fourth-order valence-electron chi connectivity index (χ4n) is 3.63. The number of nitrogens with one attached hydrogen (secondary N) is 1. The van der Waals surface area contributed by atoms with Crippen LogP contribution in [0.15, 0.2) is 42.5 Å². The molecule has 38 heavy (non-hydrogen) atoms. The molecule has 0 aromatic heterocycles. The van der Waals surface area contributed by atoms with E-state index in [4.69, 9.17) is 37.4 Å². The highest BCUT2D eigenvalue weighted by atomic mass is 35.5. The summed E-state index contributed by atoms with van der Waals surface area (Å²) in [5.41, 5.74) is 0.845. The Labute approximate surface area is 235 Å². The molecule has 0 aliphatic rings. The van der Waals surface area contributed by atoms with Crippen molar-refractivity contribution in [3.63, 3.8) is 0 Å². The van der Waals surface area contributed by atoms with Crippen molar-refractivity contribution in [2.45, 2.75) is 52.1 Å². The van der Waals surface area contributed by atoms with Gasteiger partial charge in [0.15, 0.2) is 6.10 Å². The molecule has 210 valence electrons. The number of carbonyl (C=O) groups excluding carboxylic acids is 1. The van der Waals surface area contributed by atoms with Gasteiger partial charge in [-0.05, 0) is 62.1 Å². The summed E-state index contributed by atoms with van der Waals surface area (Å²) in [5.74, 6) is 0.286. The van der Waals surface area contributed by atoms with Gasteiger partial charge in [-0.2, -0.15) is 0 Å². The molecule has 0 bridgehead atoms. The lowest BCUT2D eigenvalue weighted by molar-refractivity contribution is -0.149. The molecule has 8 nitrogen and oxygen atoms in total. The van der Waals surface area contributed by atoms with Gasteiger partial charge < -0.3 is 29.5 Å². The van der Waals surface area contributed by atoms with E-state index in [0.717, 1.165) is 31.2 Å². The number of unbranched alkanes of at least 4 members (excludes halogenated alkanes) is 2. The number of halogens is 2. The van der Waals surface area contributed by atoms with Crippen LogP contribution in [0.25, 0.3) is 0 Å². The normalized spacial score (nSPS) is 11.6. The zero-order valence-electron chi connectivity index (χ0n) is 22.1. The summed E-state index contributed by atoms with van der Waals surface area (Å²) in [4.78, 5) is 25.8. The van der Waals surface area contributed by atoms with Crippen molar-refractivity contribution < 1.29 is 28.9 Å². The molecule has 2 aromatic rings. The molecule has 1 unspecified atom stereocenters. The van der Waals surface area contributed by atoms with Crippen LogP contribution in [-0.2, 0) is 16.0 Å². The highest BCUT2D eigenvalue weighted by Crippen LogP contribution is 2.24. The van der Waals surface area contributed by atoms with Crippen LogP contribution >= 0.6 is 23.2 Å². The summed E-state index contributed by atoms with van der Waals surface area (Å²) in [6.07, 6.45) is 2.84. The molecule has 2 N–H and O–H groups in total. The average molecular weight is 570 g/mol. The number of urea groups is 1. The van der Waals surface area contributed by atoms with Crippen LogP contribution < -0.4 is 14.8 Å². The van der Waals surface area contributed by atoms with Crippen molar-refractivity contribution in [2.75, 3.05) is 39.5 Å². The topological polar surface area (TPSA) is 97.3 Å². The standard InChI is InChI=1S/C28H38Cl2N2O6/c1-3-5-12-31-28(35)32(13-6-7-15-37-25-19-22(29)18-23(30)20-25)14-16-38-24-10-8-21(9-11-24)17-26(27(33)34)36-4-2/h8-11,18-20,26H,3-7,12-17H2,1-2H3,(H,31,35)(H,33,34). The Balaban J connectivity index is 1.82. The summed E-state index contributed by atoms with van der Waals surface area (Å²) >= 11 is 12.0. The number of rotatable bonds is 18. The van der Waals surface area contributed by atoms with Crippen molar-refractivity contribution in [1.29, 1.82) is 0 Å². The number of aliphatic carboxylic acids is 1. The maximum Gasteiger partial charge on any atom is 0.333 e. The van der Waals surface area contributed by atoms with E-state index in [-0.39, 0.29) is 12.5 Å². The Morgan fingerprint density at radius 2 is 1.61 bits per heavy atom. The van der Waals surface area contributed by atoms with Crippen molar-refractivity contribution in [3.05, 3.63) is 58.1 Å². The molecule has 2 rings (SSSR count). The Morgan fingerprint density at radius 1 is 0.921 bits per heavy atom. The fourth-order valence-corrected chi connectivity index (χ4v) is 4.14. The molecular formula is C28H38Cl2N2O6. The van der Waals surface area contributed by atoms with Crippen molar-refractivity contribution in [3.8, 4) is 11.5 Å². The van der Waals surface area contributed by atoms with E-state index in [2.05, 4.69) is 12.2 Å². The van der Waals surface area contributed by atoms with Crippen molar-refractivity contribution >= 4 is 35.2 Å². The second-order valence-electron chi connectivity index (χ2n) is 8.71. The van der Waals surface area contributed by atoms with E-state index < -0.39 is 12.1 Å². The highest BCUT2D eigenvalue weighted by Gasteiger charge is 2.18. The predicted octanol–water partition coefficient (Wildman–Crippen LogP) is 6.08. The average Bonchev–Trinajstić information content (AvgIpc) is 2.87. The SMILES string of the molecule is CCCCNC(=O)N(CCCCOc1cc(Cl)cc(Cl)c1)CCOc1ccc(CC(OCC)C(=O)O)cc1. The van der Waals surface area contributed by atoms with Crippen LogP contribution in [0.3, 0.4) is 0 Å². The third-order valence-electron chi connectivity index (χ3n) is 5.64. The second kappa shape index (κ2) is 17.8. The van der Waals surface area contributed by atoms with Gasteiger partial charge in [0.05, 0.1) is 13.2 Å². The molecular weight excluding hydrogens is 531 g/mol. The zero-order valence-corrected chi connectivity index (χ0v) is 23.6. The molecule has 0 heterocycles. The summed E-state index contributed by atoms with van der Waals surface area (Å²) in [6.45, 7) is 6.62. The fraction of sp³-hybridized carbons (Fsp3) is 0.500. The van der Waals surface area contributed by atoms with Crippen LogP contribution in [0, 0.1) is 0 Å². The smallest absolute Gasteiger partial charge is 0.333 e. The number of amides is 2. The summed E-state index contributed by atoms with van der Waals surface area (Å²) < 4.78 is 16.9. The van der Waals surface area contributed by atoms with Crippen molar-refractivity contribution in [1.82, 2.24) is 10.2 Å². The Hall–Kier alpha value is -2.68. The molecule has 2 aromatic carbocycles. The van der Waals surface area contributed by atoms with E-state index >= 15 is 0 Å².